The molecule has 0 fully saturated rings. The van der Waals surface area contributed by atoms with Crippen LogP contribution in [0.1, 0.15) is 83.8 Å². The first-order valence-electron chi connectivity index (χ1n) is 9.94. The quantitative estimate of drug-likeness (QED) is 0.322. The molecule has 1 aromatic carbocycles. The first kappa shape index (κ1) is 22.1. The van der Waals surface area contributed by atoms with E-state index in [1.165, 1.54) is 36.8 Å². The predicted octanol–water partition coefficient (Wildman–Crippen LogP) is 7.32. The topological polar surface area (TPSA) is 40.5 Å². The fourth-order valence-electron chi connectivity index (χ4n) is 2.84. The predicted molar refractivity (Wildman–Crippen MR) is 114 cm³/mol. The summed E-state index contributed by atoms with van der Waals surface area (Å²) in [5, 5.41) is 20.5. The van der Waals surface area contributed by atoms with Gasteiger partial charge in [0.2, 0.25) is 0 Å². The molecule has 2 N–H and O–H groups in total. The number of benzene rings is 1. The summed E-state index contributed by atoms with van der Waals surface area (Å²) in [6.45, 7) is 8.53. The summed E-state index contributed by atoms with van der Waals surface area (Å²) in [4.78, 5) is 0. The highest BCUT2D eigenvalue weighted by Crippen LogP contribution is 2.30. The highest BCUT2D eigenvalue weighted by Gasteiger charge is 2.08. The van der Waals surface area contributed by atoms with Gasteiger partial charge in [-0.2, -0.15) is 0 Å². The van der Waals surface area contributed by atoms with E-state index < -0.39 is 0 Å². The van der Waals surface area contributed by atoms with Crippen LogP contribution in [0.15, 0.2) is 41.5 Å². The lowest BCUT2D eigenvalue weighted by molar-refractivity contribution is 0.440. The van der Waals surface area contributed by atoms with E-state index in [0.717, 1.165) is 24.8 Å². The molecule has 0 unspecified atom stereocenters. The van der Waals surface area contributed by atoms with Crippen LogP contribution in [0.2, 0.25) is 0 Å². The maximum absolute atomic E-state index is 10.3. The minimum Gasteiger partial charge on any atom is -0.507 e. The van der Waals surface area contributed by atoms with Crippen molar-refractivity contribution in [1.29, 1.82) is 0 Å². The SMILES string of the molecule is CCCCCC/C=C/c1cc(O)c(C/C=C(\C)CCC=C(C)C)c(O)c1. The smallest absolute Gasteiger partial charge is 0.123 e. The van der Waals surface area contributed by atoms with E-state index in [1.807, 2.05) is 6.08 Å². The number of hydrogen-bond acceptors (Lipinski definition) is 2. The Morgan fingerprint density at radius 2 is 1.62 bits per heavy atom. The minimum atomic E-state index is 0.170. The van der Waals surface area contributed by atoms with Crippen LogP contribution in [0.25, 0.3) is 6.08 Å². The van der Waals surface area contributed by atoms with E-state index >= 15 is 0 Å². The van der Waals surface area contributed by atoms with Crippen molar-refractivity contribution in [3.05, 3.63) is 52.6 Å². The minimum absolute atomic E-state index is 0.170. The van der Waals surface area contributed by atoms with Crippen LogP contribution >= 0.6 is 0 Å². The molecule has 0 saturated carbocycles. The van der Waals surface area contributed by atoms with E-state index in [-0.39, 0.29) is 11.5 Å². The molecule has 0 saturated heterocycles. The molecular formula is C24H36O2. The molecule has 26 heavy (non-hydrogen) atoms. The average molecular weight is 357 g/mol. The molecule has 0 aliphatic carbocycles. The Kier molecular flexibility index (Phi) is 10.5. The highest BCUT2D eigenvalue weighted by atomic mass is 16.3. The van der Waals surface area contributed by atoms with Gasteiger partial charge in [0.05, 0.1) is 0 Å². The molecule has 1 aromatic rings. The van der Waals surface area contributed by atoms with Crippen LogP contribution in [0.4, 0.5) is 0 Å². The molecule has 0 radical (unpaired) electrons. The van der Waals surface area contributed by atoms with Crippen molar-refractivity contribution in [2.75, 3.05) is 0 Å². The molecule has 2 heteroatoms. The molecule has 0 aliphatic rings. The van der Waals surface area contributed by atoms with Gasteiger partial charge in [0.15, 0.2) is 0 Å². The fraction of sp³-hybridized carbons (Fsp3) is 0.500. The van der Waals surface area contributed by atoms with Gasteiger partial charge in [-0.3, -0.25) is 0 Å². The Hall–Kier alpha value is -1.96. The van der Waals surface area contributed by atoms with Crippen LogP contribution in [-0.4, -0.2) is 10.2 Å². The number of aromatic hydroxyl groups is 2. The van der Waals surface area contributed by atoms with Crippen molar-refractivity contribution < 1.29 is 10.2 Å². The molecule has 2 nitrogen and oxygen atoms in total. The van der Waals surface area contributed by atoms with Gasteiger partial charge in [0.1, 0.15) is 11.5 Å². The van der Waals surface area contributed by atoms with Crippen LogP contribution < -0.4 is 0 Å². The Morgan fingerprint density at radius 3 is 2.23 bits per heavy atom. The first-order valence-corrected chi connectivity index (χ1v) is 9.94. The van der Waals surface area contributed by atoms with Gasteiger partial charge in [-0.05, 0) is 70.6 Å². The van der Waals surface area contributed by atoms with Crippen LogP contribution in [0, 0.1) is 0 Å². The Bertz CT molecular complexity index is 609. The van der Waals surface area contributed by atoms with Crippen molar-refractivity contribution in [2.45, 2.75) is 79.1 Å². The number of allylic oxidation sites excluding steroid dienone is 5. The zero-order valence-corrected chi connectivity index (χ0v) is 17.0. The lowest BCUT2D eigenvalue weighted by Gasteiger charge is -2.08. The second-order valence-electron chi connectivity index (χ2n) is 7.36. The van der Waals surface area contributed by atoms with Gasteiger partial charge in [0, 0.05) is 5.56 Å². The monoisotopic (exact) mass is 356 g/mol. The second kappa shape index (κ2) is 12.4. The first-order chi connectivity index (χ1) is 12.4. The molecule has 0 aromatic heterocycles. The fourth-order valence-corrected chi connectivity index (χ4v) is 2.84. The molecule has 144 valence electrons. The molecule has 0 atom stereocenters. The van der Waals surface area contributed by atoms with Gasteiger partial charge < -0.3 is 10.2 Å². The molecule has 0 amide bonds. The number of hydrogen-bond donors (Lipinski definition) is 2. The molecule has 0 bridgehead atoms. The van der Waals surface area contributed by atoms with Crippen LogP contribution in [0.5, 0.6) is 11.5 Å². The summed E-state index contributed by atoms with van der Waals surface area (Å²) in [6, 6.07) is 3.48. The van der Waals surface area contributed by atoms with E-state index in [1.54, 1.807) is 12.1 Å². The molecule has 0 spiro atoms. The van der Waals surface area contributed by atoms with E-state index in [0.29, 0.717) is 12.0 Å². The Labute approximate surface area is 160 Å². The summed E-state index contributed by atoms with van der Waals surface area (Å²) in [6.07, 6.45) is 17.0. The van der Waals surface area contributed by atoms with Crippen molar-refractivity contribution in [2.24, 2.45) is 0 Å². The van der Waals surface area contributed by atoms with Crippen molar-refractivity contribution in [3.8, 4) is 11.5 Å². The normalized spacial score (nSPS) is 11.9. The molecule has 0 heterocycles. The summed E-state index contributed by atoms with van der Waals surface area (Å²) in [5.41, 5.74) is 4.06. The lowest BCUT2D eigenvalue weighted by atomic mass is 10.0. The van der Waals surface area contributed by atoms with Gasteiger partial charge in [-0.15, -0.1) is 0 Å². The number of rotatable bonds is 11. The van der Waals surface area contributed by atoms with Gasteiger partial charge in [-0.1, -0.05) is 61.6 Å². The van der Waals surface area contributed by atoms with Gasteiger partial charge in [0.25, 0.3) is 0 Å². The van der Waals surface area contributed by atoms with Crippen molar-refractivity contribution in [1.82, 2.24) is 0 Å². The third kappa shape index (κ3) is 8.94. The lowest BCUT2D eigenvalue weighted by Crippen LogP contribution is -1.88. The third-order valence-corrected chi connectivity index (χ3v) is 4.51. The molecular weight excluding hydrogens is 320 g/mol. The summed E-state index contributed by atoms with van der Waals surface area (Å²) in [7, 11) is 0. The van der Waals surface area contributed by atoms with Gasteiger partial charge >= 0.3 is 0 Å². The van der Waals surface area contributed by atoms with Gasteiger partial charge in [-0.25, -0.2) is 0 Å². The van der Waals surface area contributed by atoms with E-state index in [2.05, 4.69) is 45.9 Å². The van der Waals surface area contributed by atoms with Crippen LogP contribution in [0.3, 0.4) is 0 Å². The second-order valence-corrected chi connectivity index (χ2v) is 7.36. The molecule has 1 rings (SSSR count). The highest BCUT2D eigenvalue weighted by molar-refractivity contribution is 5.58. The largest absolute Gasteiger partial charge is 0.507 e. The number of unbranched alkanes of at least 4 members (excludes halogenated alkanes) is 4. The van der Waals surface area contributed by atoms with Crippen molar-refractivity contribution in [3.63, 3.8) is 0 Å². The number of phenolic OH excluding ortho intramolecular Hbond substituents is 2. The number of phenols is 2. The zero-order chi connectivity index (χ0) is 19.4. The maximum Gasteiger partial charge on any atom is 0.123 e. The summed E-state index contributed by atoms with van der Waals surface area (Å²) < 4.78 is 0. The Morgan fingerprint density at radius 1 is 0.923 bits per heavy atom. The maximum atomic E-state index is 10.3. The average Bonchev–Trinajstić information content (AvgIpc) is 2.57. The molecule has 0 aliphatic heterocycles. The summed E-state index contributed by atoms with van der Waals surface area (Å²) >= 11 is 0. The third-order valence-electron chi connectivity index (χ3n) is 4.51. The summed E-state index contributed by atoms with van der Waals surface area (Å²) in [5.74, 6) is 0.341. The zero-order valence-electron chi connectivity index (χ0n) is 17.0. The van der Waals surface area contributed by atoms with Crippen molar-refractivity contribution >= 4 is 6.08 Å². The standard InChI is InChI=1S/C24H36O2/c1-5-6-7-8-9-10-14-21-17-23(25)22(24(26)18-21)16-15-20(4)13-11-12-19(2)3/h10,12,14-15,17-18,25-26H,5-9,11,13,16H2,1-4H3/b14-10+,20-15+. The Balaban J connectivity index is 2.63. The van der Waals surface area contributed by atoms with Crippen LogP contribution in [-0.2, 0) is 6.42 Å². The van der Waals surface area contributed by atoms with E-state index in [4.69, 9.17) is 0 Å². The van der Waals surface area contributed by atoms with E-state index in [9.17, 15) is 10.2 Å².